The van der Waals surface area contributed by atoms with Crippen LogP contribution in [0.15, 0.2) is 17.0 Å². The van der Waals surface area contributed by atoms with Crippen molar-refractivity contribution in [1.29, 1.82) is 0 Å². The van der Waals surface area contributed by atoms with Crippen LogP contribution >= 0.6 is 15.9 Å². The molecule has 0 aliphatic heterocycles. The predicted molar refractivity (Wildman–Crippen MR) is 86.9 cm³/mol. The first-order chi connectivity index (χ1) is 11.0. The molecule has 3 N–H and O–H groups in total. The summed E-state index contributed by atoms with van der Waals surface area (Å²) >= 11 is 3.52. The fourth-order valence-corrected chi connectivity index (χ4v) is 6.00. The van der Waals surface area contributed by atoms with Crippen LogP contribution in [0.4, 0.5) is 5.82 Å². The number of carbonyl (C=O) groups is 1. The lowest BCUT2D eigenvalue weighted by Crippen LogP contribution is -2.50. The molecule has 0 aromatic carbocycles. The van der Waals surface area contributed by atoms with Gasteiger partial charge in [0.05, 0.1) is 5.41 Å². The molecule has 2 aromatic rings. The normalized spacial score (nSPS) is 37.8. The van der Waals surface area contributed by atoms with Crippen LogP contribution in [-0.2, 0) is 10.2 Å². The van der Waals surface area contributed by atoms with Gasteiger partial charge in [-0.05, 0) is 59.9 Å². The molecule has 4 aliphatic carbocycles. The molecule has 23 heavy (non-hydrogen) atoms. The van der Waals surface area contributed by atoms with Crippen molar-refractivity contribution in [2.45, 2.75) is 37.5 Å². The molecular formula is C16H17BrN4O2. The molecule has 6 nitrogen and oxygen atoms in total. The second-order valence-corrected chi connectivity index (χ2v) is 8.07. The molecule has 120 valence electrons. The summed E-state index contributed by atoms with van der Waals surface area (Å²) < 4.78 is 2.78. The van der Waals surface area contributed by atoms with Gasteiger partial charge in [-0.1, -0.05) is 0 Å². The van der Waals surface area contributed by atoms with E-state index in [1.807, 2.05) is 6.20 Å². The number of halogens is 1. The molecule has 2 unspecified atom stereocenters. The van der Waals surface area contributed by atoms with Crippen molar-refractivity contribution in [2.24, 2.45) is 17.3 Å². The van der Waals surface area contributed by atoms with Crippen molar-refractivity contribution in [3.05, 3.63) is 22.8 Å². The molecule has 2 bridgehead atoms. The fourth-order valence-electron chi connectivity index (χ4n) is 5.43. The van der Waals surface area contributed by atoms with Gasteiger partial charge >= 0.3 is 5.97 Å². The van der Waals surface area contributed by atoms with Gasteiger partial charge in [-0.25, -0.2) is 9.97 Å². The van der Waals surface area contributed by atoms with Gasteiger partial charge in [-0.3, -0.25) is 9.20 Å². The van der Waals surface area contributed by atoms with Gasteiger partial charge in [0, 0.05) is 17.8 Å². The number of nitrogens with two attached hydrogens (primary N) is 1. The molecule has 4 saturated carbocycles. The molecule has 2 heterocycles. The van der Waals surface area contributed by atoms with Crippen LogP contribution in [0.3, 0.4) is 0 Å². The number of nitrogen functional groups attached to an aromatic ring is 1. The number of hydrogen-bond donors (Lipinski definition) is 2. The Labute approximate surface area is 141 Å². The molecule has 7 heteroatoms. The predicted octanol–water partition coefficient (Wildman–Crippen LogP) is 2.61. The van der Waals surface area contributed by atoms with E-state index in [-0.39, 0.29) is 5.41 Å². The summed E-state index contributed by atoms with van der Waals surface area (Å²) in [4.78, 5) is 20.8. The quantitative estimate of drug-likeness (QED) is 0.839. The topological polar surface area (TPSA) is 93.5 Å². The fraction of sp³-hybridized carbons (Fsp3) is 0.562. The van der Waals surface area contributed by atoms with E-state index in [4.69, 9.17) is 10.7 Å². The van der Waals surface area contributed by atoms with E-state index >= 15 is 0 Å². The maximum Gasteiger partial charge on any atom is 0.309 e. The zero-order chi connectivity index (χ0) is 16.0. The lowest BCUT2D eigenvalue weighted by atomic mass is 9.53. The Balaban J connectivity index is 1.68. The Bertz CT molecular complexity index is 853. The van der Waals surface area contributed by atoms with Crippen molar-refractivity contribution in [2.75, 3.05) is 5.73 Å². The Morgan fingerprint density at radius 3 is 2.78 bits per heavy atom. The second kappa shape index (κ2) is 4.06. The first-order valence-electron chi connectivity index (χ1n) is 8.01. The van der Waals surface area contributed by atoms with E-state index in [1.165, 1.54) is 0 Å². The summed E-state index contributed by atoms with van der Waals surface area (Å²) in [5.41, 5.74) is 6.35. The van der Waals surface area contributed by atoms with Gasteiger partial charge in [0.25, 0.3) is 0 Å². The number of aliphatic carboxylic acids is 1. The van der Waals surface area contributed by atoms with Gasteiger partial charge in [0.15, 0.2) is 5.82 Å². The zero-order valence-corrected chi connectivity index (χ0v) is 14.1. The number of anilines is 1. The van der Waals surface area contributed by atoms with E-state index in [0.717, 1.165) is 48.0 Å². The van der Waals surface area contributed by atoms with Gasteiger partial charge in [0.1, 0.15) is 15.9 Å². The molecule has 0 spiro atoms. The van der Waals surface area contributed by atoms with Crippen LogP contribution in [0.5, 0.6) is 0 Å². The number of carboxylic acid groups (broad SMARTS) is 1. The van der Waals surface area contributed by atoms with Gasteiger partial charge in [-0.15, -0.1) is 0 Å². The van der Waals surface area contributed by atoms with E-state index in [0.29, 0.717) is 17.7 Å². The van der Waals surface area contributed by atoms with Crippen LogP contribution < -0.4 is 5.73 Å². The summed E-state index contributed by atoms with van der Waals surface area (Å²) in [5, 5.41) is 9.72. The van der Waals surface area contributed by atoms with Gasteiger partial charge in [0.2, 0.25) is 0 Å². The van der Waals surface area contributed by atoms with Crippen molar-refractivity contribution < 1.29 is 9.90 Å². The monoisotopic (exact) mass is 376 g/mol. The lowest BCUT2D eigenvalue weighted by molar-refractivity contribution is -0.157. The minimum Gasteiger partial charge on any atom is -0.481 e. The summed E-state index contributed by atoms with van der Waals surface area (Å²) in [5.74, 6) is 1.65. The summed E-state index contributed by atoms with van der Waals surface area (Å²) in [6.07, 6.45) is 7.95. The number of nitrogens with zero attached hydrogens (tertiary/aromatic N) is 3. The molecule has 4 aliphatic rings. The maximum absolute atomic E-state index is 11.8. The van der Waals surface area contributed by atoms with E-state index in [1.54, 1.807) is 6.20 Å². The molecule has 0 saturated heterocycles. The number of rotatable bonds is 2. The Morgan fingerprint density at radius 2 is 2.09 bits per heavy atom. The summed E-state index contributed by atoms with van der Waals surface area (Å²) in [6, 6.07) is 0. The summed E-state index contributed by atoms with van der Waals surface area (Å²) in [6.45, 7) is 0. The van der Waals surface area contributed by atoms with Crippen LogP contribution in [0, 0.1) is 17.3 Å². The second-order valence-electron chi connectivity index (χ2n) is 7.32. The van der Waals surface area contributed by atoms with E-state index in [2.05, 4.69) is 25.3 Å². The third-order valence-electron chi connectivity index (χ3n) is 6.66. The van der Waals surface area contributed by atoms with Crippen LogP contribution in [0.1, 0.15) is 37.9 Å². The minimum atomic E-state index is -0.596. The smallest absolute Gasteiger partial charge is 0.309 e. The zero-order valence-electron chi connectivity index (χ0n) is 12.5. The van der Waals surface area contributed by atoms with Gasteiger partial charge in [-0.2, -0.15) is 0 Å². The number of hydrogen-bond acceptors (Lipinski definition) is 4. The maximum atomic E-state index is 11.8. The lowest BCUT2D eigenvalue weighted by Gasteiger charge is -2.50. The molecule has 4 fully saturated rings. The molecule has 6 rings (SSSR count). The van der Waals surface area contributed by atoms with Crippen LogP contribution in [0.25, 0.3) is 5.52 Å². The molecule has 0 radical (unpaired) electrons. The molecule has 0 amide bonds. The molecule has 2 atom stereocenters. The van der Waals surface area contributed by atoms with E-state index in [9.17, 15) is 9.90 Å². The average molecular weight is 377 g/mol. The Morgan fingerprint density at radius 1 is 1.35 bits per heavy atom. The SMILES string of the molecule is Nc1nccn2c(C34CCC(C(=O)O)(CC3)C3CC34)nc(Br)c12. The minimum absolute atomic E-state index is 0.00933. The first kappa shape index (κ1) is 13.8. The standard InChI is InChI=1S/C16H17BrN4O2/c17-11-10-12(18)19-5-6-21(10)13(20-11)15-1-3-16(4-2-15,14(22)23)9-7-8(9)15/h5-6,8-9H,1-4,7H2,(H2,18,19)(H,22,23). The van der Waals surface area contributed by atoms with Crippen LogP contribution in [0.2, 0.25) is 0 Å². The van der Waals surface area contributed by atoms with Crippen molar-refractivity contribution in [1.82, 2.24) is 14.4 Å². The average Bonchev–Trinajstić information content (AvgIpc) is 3.30. The highest BCUT2D eigenvalue weighted by atomic mass is 79.9. The molecule has 2 aromatic heterocycles. The van der Waals surface area contributed by atoms with E-state index < -0.39 is 11.4 Å². The number of carboxylic acids is 1. The highest BCUT2D eigenvalue weighted by molar-refractivity contribution is 9.10. The first-order valence-corrected chi connectivity index (χ1v) is 8.81. The van der Waals surface area contributed by atoms with Crippen molar-refractivity contribution in [3.8, 4) is 0 Å². The Kier molecular flexibility index (Phi) is 2.43. The largest absolute Gasteiger partial charge is 0.481 e. The molecular weight excluding hydrogens is 360 g/mol. The highest BCUT2D eigenvalue weighted by Gasteiger charge is 2.72. The summed E-state index contributed by atoms with van der Waals surface area (Å²) in [7, 11) is 0. The van der Waals surface area contributed by atoms with Crippen molar-refractivity contribution in [3.63, 3.8) is 0 Å². The van der Waals surface area contributed by atoms with Crippen LogP contribution in [-0.4, -0.2) is 25.4 Å². The number of aromatic nitrogens is 3. The third kappa shape index (κ3) is 1.47. The van der Waals surface area contributed by atoms with Gasteiger partial charge < -0.3 is 10.8 Å². The highest BCUT2D eigenvalue weighted by Crippen LogP contribution is 2.73. The Hall–Kier alpha value is -1.63. The van der Waals surface area contributed by atoms with Crippen molar-refractivity contribution >= 4 is 33.2 Å². The number of imidazole rings is 1. The number of fused-ring (bicyclic) bond motifs is 3. The third-order valence-corrected chi connectivity index (χ3v) is 7.21.